The van der Waals surface area contributed by atoms with Crippen LogP contribution < -0.4 is 19.1 Å². The summed E-state index contributed by atoms with van der Waals surface area (Å²) in [4.78, 5) is 13.2. The number of methoxy groups -OCH3 is 2. The van der Waals surface area contributed by atoms with Crippen molar-refractivity contribution >= 4 is 33.2 Å². The average molecular weight is 515 g/mol. The van der Waals surface area contributed by atoms with Gasteiger partial charge in [0.1, 0.15) is 6.54 Å². The van der Waals surface area contributed by atoms with Gasteiger partial charge in [-0.15, -0.1) is 0 Å². The van der Waals surface area contributed by atoms with Crippen LogP contribution >= 0.6 is 11.6 Å². The molecule has 1 atom stereocenters. The molecule has 1 aliphatic carbocycles. The fourth-order valence-corrected chi connectivity index (χ4v) is 5.86. The fourth-order valence-electron chi connectivity index (χ4n) is 4.30. The minimum absolute atomic E-state index is 0.0269. The van der Waals surface area contributed by atoms with E-state index in [9.17, 15) is 13.2 Å². The molecular formula is C26H27ClN2O5S. The van der Waals surface area contributed by atoms with Gasteiger partial charge in [-0.05, 0) is 66.8 Å². The summed E-state index contributed by atoms with van der Waals surface area (Å²) in [6.07, 6.45) is 2.71. The van der Waals surface area contributed by atoms with E-state index in [1.54, 1.807) is 24.3 Å². The molecule has 3 aromatic carbocycles. The van der Waals surface area contributed by atoms with Crippen molar-refractivity contribution in [2.45, 2.75) is 30.2 Å². The molecular weight excluding hydrogens is 488 g/mol. The molecule has 4 rings (SSSR count). The standard InChI is InChI=1S/C26H27ClN2O5S/c1-33-24-15-14-21(16-25(24)34-2)35(31,32)29(20-12-10-19(27)11-13-20)17-26(30)28-23-9-5-7-18-6-3-4-8-22(18)23/h3-4,6,8,10-16,23H,5,7,9,17H2,1-2H3,(H,28,30)/t23-/m0/s1. The van der Waals surface area contributed by atoms with Crippen LogP contribution in [0.25, 0.3) is 0 Å². The molecule has 0 saturated heterocycles. The lowest BCUT2D eigenvalue weighted by Crippen LogP contribution is -2.42. The lowest BCUT2D eigenvalue weighted by Gasteiger charge is -2.29. The van der Waals surface area contributed by atoms with Gasteiger partial charge in [0, 0.05) is 11.1 Å². The van der Waals surface area contributed by atoms with E-state index in [2.05, 4.69) is 11.4 Å². The van der Waals surface area contributed by atoms with E-state index in [0.29, 0.717) is 16.5 Å². The Hall–Kier alpha value is -3.23. The van der Waals surface area contributed by atoms with Crippen LogP contribution in [0.5, 0.6) is 11.5 Å². The summed E-state index contributed by atoms with van der Waals surface area (Å²) in [5.41, 5.74) is 2.60. The summed E-state index contributed by atoms with van der Waals surface area (Å²) in [5, 5.41) is 3.49. The smallest absolute Gasteiger partial charge is 0.264 e. The number of carbonyl (C=O) groups excluding carboxylic acids is 1. The molecule has 1 N–H and O–H groups in total. The van der Waals surface area contributed by atoms with Crippen molar-refractivity contribution in [3.8, 4) is 11.5 Å². The van der Waals surface area contributed by atoms with Crippen molar-refractivity contribution in [2.24, 2.45) is 0 Å². The number of ether oxygens (including phenoxy) is 2. The van der Waals surface area contributed by atoms with Gasteiger partial charge in [0.2, 0.25) is 5.91 Å². The first kappa shape index (κ1) is 24.9. The van der Waals surface area contributed by atoms with Gasteiger partial charge in [0.15, 0.2) is 11.5 Å². The summed E-state index contributed by atoms with van der Waals surface area (Å²) in [5.74, 6) is 0.275. The molecule has 0 unspecified atom stereocenters. The van der Waals surface area contributed by atoms with E-state index in [-0.39, 0.29) is 16.7 Å². The molecule has 0 heterocycles. The molecule has 0 aromatic heterocycles. The number of carbonyl (C=O) groups is 1. The van der Waals surface area contributed by atoms with Gasteiger partial charge in [-0.3, -0.25) is 9.10 Å². The molecule has 1 amide bonds. The highest BCUT2D eigenvalue weighted by Gasteiger charge is 2.30. The van der Waals surface area contributed by atoms with E-state index < -0.39 is 22.5 Å². The molecule has 35 heavy (non-hydrogen) atoms. The van der Waals surface area contributed by atoms with Gasteiger partial charge < -0.3 is 14.8 Å². The van der Waals surface area contributed by atoms with Crippen LogP contribution in [0, 0.1) is 0 Å². The first-order chi connectivity index (χ1) is 16.8. The topological polar surface area (TPSA) is 84.9 Å². The molecule has 0 spiro atoms. The number of sulfonamides is 1. The molecule has 0 fully saturated rings. The minimum atomic E-state index is -4.13. The number of hydrogen-bond donors (Lipinski definition) is 1. The lowest BCUT2D eigenvalue weighted by molar-refractivity contribution is -0.120. The monoisotopic (exact) mass is 514 g/mol. The highest BCUT2D eigenvalue weighted by atomic mass is 35.5. The first-order valence-corrected chi connectivity index (χ1v) is 13.0. The van der Waals surface area contributed by atoms with Crippen LogP contribution in [0.15, 0.2) is 71.6 Å². The van der Waals surface area contributed by atoms with E-state index in [1.807, 2.05) is 18.2 Å². The number of hydrogen-bond acceptors (Lipinski definition) is 5. The van der Waals surface area contributed by atoms with Crippen LogP contribution in [0.1, 0.15) is 30.0 Å². The Morgan fingerprint density at radius 1 is 1.03 bits per heavy atom. The molecule has 3 aromatic rings. The van der Waals surface area contributed by atoms with Crippen LogP contribution in [-0.4, -0.2) is 35.1 Å². The van der Waals surface area contributed by atoms with Crippen molar-refractivity contribution in [3.05, 3.63) is 82.9 Å². The number of nitrogens with zero attached hydrogens (tertiary/aromatic N) is 1. The number of amides is 1. The van der Waals surface area contributed by atoms with Crippen LogP contribution in [0.2, 0.25) is 5.02 Å². The maximum Gasteiger partial charge on any atom is 0.264 e. The Balaban J connectivity index is 1.65. The third-order valence-corrected chi connectivity index (χ3v) is 8.07. The highest BCUT2D eigenvalue weighted by Crippen LogP contribution is 2.33. The third kappa shape index (κ3) is 5.39. The molecule has 0 bridgehead atoms. The van der Waals surface area contributed by atoms with E-state index in [1.165, 1.54) is 38.0 Å². The summed E-state index contributed by atoms with van der Waals surface area (Å²) in [6.45, 7) is -0.392. The van der Waals surface area contributed by atoms with Crippen molar-refractivity contribution in [3.63, 3.8) is 0 Å². The summed E-state index contributed by atoms with van der Waals surface area (Å²) < 4.78 is 39.0. The maximum atomic E-state index is 13.7. The SMILES string of the molecule is COc1ccc(S(=O)(=O)N(CC(=O)N[C@H]2CCCc3ccccc32)c2ccc(Cl)cc2)cc1OC. The van der Waals surface area contributed by atoms with Crippen molar-refractivity contribution in [1.29, 1.82) is 0 Å². The summed E-state index contributed by atoms with van der Waals surface area (Å²) >= 11 is 6.03. The van der Waals surface area contributed by atoms with Gasteiger partial charge in [-0.1, -0.05) is 35.9 Å². The van der Waals surface area contributed by atoms with E-state index in [0.717, 1.165) is 29.1 Å². The van der Waals surface area contributed by atoms with Crippen LogP contribution in [-0.2, 0) is 21.2 Å². The molecule has 9 heteroatoms. The minimum Gasteiger partial charge on any atom is -0.493 e. The zero-order chi connectivity index (χ0) is 25.0. The Morgan fingerprint density at radius 2 is 1.74 bits per heavy atom. The van der Waals surface area contributed by atoms with Gasteiger partial charge in [-0.2, -0.15) is 0 Å². The maximum absolute atomic E-state index is 13.7. The quantitative estimate of drug-likeness (QED) is 0.469. The van der Waals surface area contributed by atoms with Crippen LogP contribution in [0.4, 0.5) is 5.69 Å². The normalized spacial score (nSPS) is 15.1. The third-order valence-electron chi connectivity index (χ3n) is 6.05. The highest BCUT2D eigenvalue weighted by molar-refractivity contribution is 7.92. The second kappa shape index (κ2) is 10.6. The molecule has 0 radical (unpaired) electrons. The molecule has 0 saturated carbocycles. The number of benzene rings is 3. The number of aryl methyl sites for hydroxylation is 1. The number of nitrogens with one attached hydrogen (secondary N) is 1. The number of rotatable bonds is 8. The van der Waals surface area contributed by atoms with Gasteiger partial charge in [-0.25, -0.2) is 8.42 Å². The van der Waals surface area contributed by atoms with Gasteiger partial charge >= 0.3 is 0 Å². The van der Waals surface area contributed by atoms with Crippen molar-refractivity contribution < 1.29 is 22.7 Å². The average Bonchev–Trinajstić information content (AvgIpc) is 2.87. The van der Waals surface area contributed by atoms with Gasteiger partial charge in [0.25, 0.3) is 10.0 Å². The fraction of sp³-hybridized carbons (Fsp3) is 0.269. The largest absolute Gasteiger partial charge is 0.493 e. The predicted molar refractivity (Wildman–Crippen MR) is 136 cm³/mol. The second-order valence-electron chi connectivity index (χ2n) is 8.22. The lowest BCUT2D eigenvalue weighted by atomic mass is 9.88. The van der Waals surface area contributed by atoms with Crippen molar-refractivity contribution in [2.75, 3.05) is 25.1 Å². The Kier molecular flexibility index (Phi) is 7.52. The number of anilines is 1. The summed E-state index contributed by atoms with van der Waals surface area (Å²) in [6, 6.07) is 18.5. The predicted octanol–water partition coefficient (Wildman–Crippen LogP) is 4.75. The van der Waals surface area contributed by atoms with Crippen LogP contribution in [0.3, 0.4) is 0 Å². The zero-order valence-electron chi connectivity index (χ0n) is 19.5. The first-order valence-electron chi connectivity index (χ1n) is 11.2. The van der Waals surface area contributed by atoms with Crippen molar-refractivity contribution in [1.82, 2.24) is 5.32 Å². The Morgan fingerprint density at radius 3 is 2.46 bits per heavy atom. The molecule has 184 valence electrons. The molecule has 0 aliphatic heterocycles. The zero-order valence-corrected chi connectivity index (χ0v) is 21.1. The van der Waals surface area contributed by atoms with E-state index >= 15 is 0 Å². The number of fused-ring (bicyclic) bond motifs is 1. The number of halogens is 1. The Labute approximate surface area is 210 Å². The Bertz CT molecular complexity index is 1310. The van der Waals surface area contributed by atoms with Gasteiger partial charge in [0.05, 0.1) is 30.8 Å². The molecule has 1 aliphatic rings. The summed E-state index contributed by atoms with van der Waals surface area (Å²) in [7, 11) is -1.22. The van der Waals surface area contributed by atoms with E-state index in [4.69, 9.17) is 21.1 Å². The molecule has 7 nitrogen and oxygen atoms in total. The second-order valence-corrected chi connectivity index (χ2v) is 10.5.